The molecule has 0 amide bonds. The quantitative estimate of drug-likeness (QED) is 0.457. The van der Waals surface area contributed by atoms with Crippen molar-refractivity contribution < 1.29 is 4.74 Å². The Balaban J connectivity index is 0. The third-order valence-electron chi connectivity index (χ3n) is 0.850. The molecule has 0 aromatic heterocycles. The van der Waals surface area contributed by atoms with Gasteiger partial charge in [-0.15, -0.1) is 0 Å². The molecule has 4 heteroatoms. The number of ether oxygens (including phenoxy) is 1. The molecule has 0 bridgehead atoms. The smallest absolute Gasteiger partial charge is 0.316 e. The summed E-state index contributed by atoms with van der Waals surface area (Å²) in [6, 6.07) is 0. The van der Waals surface area contributed by atoms with Gasteiger partial charge in [-0.3, -0.25) is 0 Å². The first-order chi connectivity index (χ1) is 3.68. The normalized spacial score (nSPS) is 13.0. The van der Waals surface area contributed by atoms with Crippen molar-refractivity contribution in [2.45, 2.75) is 25.2 Å². The molecule has 0 aromatic rings. The molecule has 0 heterocycles. The number of alkyl halides is 1. The molecular formula is C5H15ClMgOSi. The molecule has 0 saturated heterocycles. The Bertz CT molecular complexity index is 62.9. The second-order valence-electron chi connectivity index (χ2n) is 2.05. The first kappa shape index (κ1) is 12.9. The maximum atomic E-state index is 5.76. The maximum absolute atomic E-state index is 5.76. The second-order valence-corrected chi connectivity index (χ2v) is 6.00. The Hall–Kier alpha value is 1.23. The lowest BCUT2D eigenvalue weighted by atomic mass is 10.9. The van der Waals surface area contributed by atoms with Crippen molar-refractivity contribution in [2.75, 3.05) is 6.61 Å². The number of rotatable bonds is 3. The van der Waals surface area contributed by atoms with Gasteiger partial charge in [0.1, 0.15) is 5.19 Å². The van der Waals surface area contributed by atoms with Crippen molar-refractivity contribution in [3.63, 3.8) is 0 Å². The highest BCUT2D eigenvalue weighted by Crippen LogP contribution is 2.01. The molecule has 0 aliphatic carbocycles. The van der Waals surface area contributed by atoms with Crippen LogP contribution in [0.3, 0.4) is 0 Å². The Morgan fingerprint density at radius 3 is 2.11 bits per heavy atom. The van der Waals surface area contributed by atoms with Gasteiger partial charge in [0, 0.05) is 6.61 Å². The van der Waals surface area contributed by atoms with Crippen LogP contribution in [0.25, 0.3) is 0 Å². The molecule has 0 aromatic carbocycles. The van der Waals surface area contributed by atoms with E-state index in [2.05, 4.69) is 13.1 Å². The molecule has 1 atom stereocenters. The van der Waals surface area contributed by atoms with E-state index in [4.69, 9.17) is 16.3 Å². The van der Waals surface area contributed by atoms with E-state index in [-0.39, 0.29) is 28.2 Å². The lowest BCUT2D eigenvalue weighted by Crippen LogP contribution is -2.21. The van der Waals surface area contributed by atoms with Crippen LogP contribution in [0.2, 0.25) is 13.1 Å². The molecule has 9 heavy (non-hydrogen) atoms. The lowest BCUT2D eigenvalue weighted by molar-refractivity contribution is 0.165. The summed E-state index contributed by atoms with van der Waals surface area (Å²) in [6.07, 6.45) is 0. The van der Waals surface area contributed by atoms with Crippen LogP contribution in [0.5, 0.6) is 0 Å². The standard InChI is InChI=1S/C5H13ClOSi.Mg.2H/c1-4-7-5(6)8(2)3;;;/h5,8H,4H2,1-3H3;;;. The first-order valence-corrected chi connectivity index (χ1v) is 6.35. The van der Waals surface area contributed by atoms with Gasteiger partial charge < -0.3 is 4.74 Å². The van der Waals surface area contributed by atoms with Crippen LogP contribution in [0, 0.1) is 0 Å². The largest absolute Gasteiger partial charge is 0.367 e. The number of halogens is 1. The molecule has 0 fully saturated rings. The Kier molecular flexibility index (Phi) is 10.5. The number of hydrogen-bond donors (Lipinski definition) is 0. The molecule has 0 spiro atoms. The van der Waals surface area contributed by atoms with Gasteiger partial charge in [-0.05, 0) is 6.92 Å². The third-order valence-corrected chi connectivity index (χ3v) is 3.73. The summed E-state index contributed by atoms with van der Waals surface area (Å²) in [4.78, 5) is 0. The molecule has 54 valence electrons. The first-order valence-electron chi connectivity index (χ1n) is 2.94. The van der Waals surface area contributed by atoms with E-state index >= 15 is 0 Å². The van der Waals surface area contributed by atoms with E-state index in [1.54, 1.807) is 0 Å². The minimum Gasteiger partial charge on any atom is -0.367 e. The van der Waals surface area contributed by atoms with Crippen LogP contribution in [0.1, 0.15) is 6.92 Å². The highest BCUT2D eigenvalue weighted by molar-refractivity contribution is 6.66. The van der Waals surface area contributed by atoms with Gasteiger partial charge in [-0.25, -0.2) is 0 Å². The predicted octanol–water partition coefficient (Wildman–Crippen LogP) is 0.697. The van der Waals surface area contributed by atoms with Crippen molar-refractivity contribution in [3.05, 3.63) is 0 Å². The zero-order chi connectivity index (χ0) is 6.57. The lowest BCUT2D eigenvalue weighted by Gasteiger charge is -2.10. The van der Waals surface area contributed by atoms with Crippen molar-refractivity contribution in [1.29, 1.82) is 0 Å². The average molecular weight is 179 g/mol. The van der Waals surface area contributed by atoms with Crippen molar-refractivity contribution in [1.82, 2.24) is 0 Å². The van der Waals surface area contributed by atoms with Gasteiger partial charge in [0.25, 0.3) is 0 Å². The van der Waals surface area contributed by atoms with E-state index in [0.717, 1.165) is 6.61 Å². The highest BCUT2D eigenvalue weighted by atomic mass is 35.5. The van der Waals surface area contributed by atoms with Crippen LogP contribution >= 0.6 is 11.6 Å². The van der Waals surface area contributed by atoms with Gasteiger partial charge in [-0.1, -0.05) is 24.7 Å². The minimum atomic E-state index is -0.739. The zero-order valence-corrected chi connectivity index (χ0v) is 7.56. The monoisotopic (exact) mass is 178 g/mol. The summed E-state index contributed by atoms with van der Waals surface area (Å²) in [5.74, 6) is 0. The van der Waals surface area contributed by atoms with Gasteiger partial charge >= 0.3 is 23.1 Å². The fourth-order valence-electron chi connectivity index (χ4n) is 0.352. The Labute approximate surface area is 79.9 Å². The summed E-state index contributed by atoms with van der Waals surface area (Å²) < 4.78 is 5.13. The van der Waals surface area contributed by atoms with Crippen LogP contribution in [-0.4, -0.2) is 43.6 Å². The molecule has 0 rings (SSSR count). The molecule has 0 N–H and O–H groups in total. The van der Waals surface area contributed by atoms with Crippen LogP contribution < -0.4 is 0 Å². The van der Waals surface area contributed by atoms with Gasteiger partial charge in [-0.2, -0.15) is 0 Å². The van der Waals surface area contributed by atoms with E-state index < -0.39 is 8.80 Å². The van der Waals surface area contributed by atoms with Gasteiger partial charge in [0.05, 0.1) is 8.80 Å². The molecule has 0 radical (unpaired) electrons. The second kappa shape index (κ2) is 7.34. The van der Waals surface area contributed by atoms with E-state index in [1.165, 1.54) is 0 Å². The molecule has 0 saturated carbocycles. The maximum Gasteiger partial charge on any atom is 0.316 e. The van der Waals surface area contributed by atoms with Crippen molar-refractivity contribution in [3.8, 4) is 0 Å². The van der Waals surface area contributed by atoms with E-state index in [9.17, 15) is 0 Å². The Morgan fingerprint density at radius 1 is 1.56 bits per heavy atom. The molecule has 1 nitrogen and oxygen atoms in total. The molecular weight excluding hydrogens is 164 g/mol. The Morgan fingerprint density at radius 2 is 2.00 bits per heavy atom. The highest BCUT2D eigenvalue weighted by Gasteiger charge is 2.08. The van der Waals surface area contributed by atoms with Gasteiger partial charge in [0.2, 0.25) is 0 Å². The van der Waals surface area contributed by atoms with Crippen molar-refractivity contribution in [2.24, 2.45) is 0 Å². The summed E-state index contributed by atoms with van der Waals surface area (Å²) in [7, 11) is -0.739. The van der Waals surface area contributed by atoms with Gasteiger partial charge in [0.15, 0.2) is 0 Å². The van der Waals surface area contributed by atoms with E-state index in [1.807, 2.05) is 6.92 Å². The molecule has 0 aliphatic rings. The van der Waals surface area contributed by atoms with Crippen LogP contribution in [0.4, 0.5) is 0 Å². The molecule has 0 aliphatic heterocycles. The summed E-state index contributed by atoms with van der Waals surface area (Å²) in [6.45, 7) is 7.05. The topological polar surface area (TPSA) is 9.23 Å². The third kappa shape index (κ3) is 7.13. The average Bonchev–Trinajstić information content (AvgIpc) is 1.67. The van der Waals surface area contributed by atoms with Crippen LogP contribution in [-0.2, 0) is 4.74 Å². The molecule has 1 unspecified atom stereocenters. The summed E-state index contributed by atoms with van der Waals surface area (Å²) in [5, 5.41) is 0.0278. The fourth-order valence-corrected chi connectivity index (χ4v) is 1.06. The fraction of sp³-hybridized carbons (Fsp3) is 1.00. The van der Waals surface area contributed by atoms with Crippen molar-refractivity contribution >= 4 is 43.5 Å². The van der Waals surface area contributed by atoms with E-state index in [0.29, 0.717) is 0 Å². The minimum absolute atomic E-state index is 0. The predicted molar refractivity (Wildman–Crippen MR) is 48.7 cm³/mol. The summed E-state index contributed by atoms with van der Waals surface area (Å²) >= 11 is 5.76. The summed E-state index contributed by atoms with van der Waals surface area (Å²) in [5.41, 5.74) is 0. The SMILES string of the molecule is CCOC(Cl)[SiH](C)C.[MgH2]. The van der Waals surface area contributed by atoms with Crippen LogP contribution in [0.15, 0.2) is 0 Å². The number of hydrogen-bond acceptors (Lipinski definition) is 1. The zero-order valence-electron chi connectivity index (χ0n) is 5.65.